The lowest BCUT2D eigenvalue weighted by atomic mass is 9.98. The summed E-state index contributed by atoms with van der Waals surface area (Å²) < 4.78 is 21.8. The van der Waals surface area contributed by atoms with Gasteiger partial charge in [0.05, 0.1) is 13.2 Å². The Bertz CT molecular complexity index is 1120. The third-order valence-electron chi connectivity index (χ3n) is 4.84. The first-order valence-corrected chi connectivity index (χ1v) is 11.0. The molecule has 0 radical (unpaired) electrons. The highest BCUT2D eigenvalue weighted by atomic mass is 16.7. The summed E-state index contributed by atoms with van der Waals surface area (Å²) >= 11 is 0. The number of ether oxygens (including phenoxy) is 4. The second-order valence-electron chi connectivity index (χ2n) is 8.55. The first-order chi connectivity index (χ1) is 15.3. The SMILES string of the molecule is CCc1ccc2c(OC(=O)OCC(C)C)c3ccccc3c(OC(=O)OCC(C)C)c2c1. The average Bonchev–Trinajstić information content (AvgIpc) is 2.77. The van der Waals surface area contributed by atoms with E-state index < -0.39 is 12.3 Å². The van der Waals surface area contributed by atoms with Gasteiger partial charge in [0.2, 0.25) is 0 Å². The molecule has 170 valence electrons. The van der Waals surface area contributed by atoms with Gasteiger partial charge < -0.3 is 18.9 Å². The van der Waals surface area contributed by atoms with Crippen molar-refractivity contribution >= 4 is 33.9 Å². The third-order valence-corrected chi connectivity index (χ3v) is 4.84. The van der Waals surface area contributed by atoms with Gasteiger partial charge in [-0.1, -0.05) is 71.0 Å². The summed E-state index contributed by atoms with van der Waals surface area (Å²) in [5.41, 5.74) is 1.06. The molecule has 3 aromatic carbocycles. The minimum Gasteiger partial charge on any atom is -0.434 e. The number of hydrogen-bond donors (Lipinski definition) is 0. The van der Waals surface area contributed by atoms with Crippen LogP contribution in [0.2, 0.25) is 0 Å². The predicted octanol–water partition coefficient (Wildman–Crippen LogP) is 6.90. The molecular weight excluding hydrogens is 408 g/mol. The van der Waals surface area contributed by atoms with Gasteiger partial charge in [-0.3, -0.25) is 0 Å². The molecule has 0 amide bonds. The Morgan fingerprint density at radius 1 is 0.719 bits per heavy atom. The molecule has 0 aromatic heterocycles. The topological polar surface area (TPSA) is 71.1 Å². The Kier molecular flexibility index (Phi) is 7.57. The molecule has 0 heterocycles. The van der Waals surface area contributed by atoms with Gasteiger partial charge in [-0.2, -0.15) is 0 Å². The summed E-state index contributed by atoms with van der Waals surface area (Å²) in [5.74, 6) is 1.13. The fourth-order valence-electron chi connectivity index (χ4n) is 3.28. The number of aryl methyl sites for hydroxylation is 1. The Balaban J connectivity index is 2.14. The molecular formula is C26H30O6. The van der Waals surface area contributed by atoms with Crippen LogP contribution in [0.25, 0.3) is 21.5 Å². The summed E-state index contributed by atoms with van der Waals surface area (Å²) in [5, 5.41) is 2.59. The number of rotatable bonds is 7. The van der Waals surface area contributed by atoms with E-state index in [1.165, 1.54) is 0 Å². The molecule has 0 bridgehead atoms. The largest absolute Gasteiger partial charge is 0.513 e. The highest BCUT2D eigenvalue weighted by molar-refractivity contribution is 6.12. The van der Waals surface area contributed by atoms with Crippen molar-refractivity contribution < 1.29 is 28.5 Å². The lowest BCUT2D eigenvalue weighted by Gasteiger charge is -2.17. The fraction of sp³-hybridized carbons (Fsp3) is 0.385. The van der Waals surface area contributed by atoms with E-state index in [4.69, 9.17) is 18.9 Å². The molecule has 3 aromatic rings. The molecule has 0 saturated carbocycles. The summed E-state index contributed by atoms with van der Waals surface area (Å²) in [6.07, 6.45) is -0.737. The smallest absolute Gasteiger partial charge is 0.434 e. The Morgan fingerprint density at radius 2 is 1.19 bits per heavy atom. The highest BCUT2D eigenvalue weighted by Crippen LogP contribution is 2.43. The zero-order valence-corrected chi connectivity index (χ0v) is 19.3. The normalized spacial score (nSPS) is 11.2. The fourth-order valence-corrected chi connectivity index (χ4v) is 3.28. The average molecular weight is 439 g/mol. The summed E-state index contributed by atoms with van der Waals surface area (Å²) in [6, 6.07) is 13.1. The molecule has 0 fully saturated rings. The molecule has 0 saturated heterocycles. The number of carbonyl (C=O) groups is 2. The van der Waals surface area contributed by atoms with E-state index in [-0.39, 0.29) is 25.0 Å². The highest BCUT2D eigenvalue weighted by Gasteiger charge is 2.21. The van der Waals surface area contributed by atoms with Crippen LogP contribution in [0.15, 0.2) is 42.5 Å². The van der Waals surface area contributed by atoms with Crippen LogP contribution in [0.5, 0.6) is 11.5 Å². The Morgan fingerprint density at radius 3 is 1.66 bits per heavy atom. The monoisotopic (exact) mass is 438 g/mol. The van der Waals surface area contributed by atoms with Crippen LogP contribution >= 0.6 is 0 Å². The van der Waals surface area contributed by atoms with Crippen molar-refractivity contribution in [1.82, 2.24) is 0 Å². The molecule has 32 heavy (non-hydrogen) atoms. The molecule has 0 aliphatic rings. The van der Waals surface area contributed by atoms with E-state index in [2.05, 4.69) is 0 Å². The Labute approximate surface area is 188 Å². The predicted molar refractivity (Wildman–Crippen MR) is 124 cm³/mol. The van der Waals surface area contributed by atoms with E-state index >= 15 is 0 Å². The minimum absolute atomic E-state index is 0.190. The van der Waals surface area contributed by atoms with Gasteiger partial charge in [0, 0.05) is 21.5 Å². The van der Waals surface area contributed by atoms with Crippen LogP contribution < -0.4 is 9.47 Å². The quantitative estimate of drug-likeness (QED) is 0.227. The van der Waals surface area contributed by atoms with Gasteiger partial charge in [0.1, 0.15) is 11.5 Å². The van der Waals surface area contributed by atoms with Gasteiger partial charge in [-0.05, 0) is 29.9 Å². The molecule has 0 atom stereocenters. The van der Waals surface area contributed by atoms with Gasteiger partial charge in [0.25, 0.3) is 0 Å². The molecule has 6 heteroatoms. The first-order valence-electron chi connectivity index (χ1n) is 11.0. The second kappa shape index (κ2) is 10.4. The van der Waals surface area contributed by atoms with Crippen molar-refractivity contribution in [3.05, 3.63) is 48.0 Å². The molecule has 0 N–H and O–H groups in total. The molecule has 0 unspecified atom stereocenters. The van der Waals surface area contributed by atoms with Crippen molar-refractivity contribution in [2.45, 2.75) is 41.0 Å². The van der Waals surface area contributed by atoms with Gasteiger partial charge in [-0.15, -0.1) is 0 Å². The molecule has 3 rings (SSSR count). The van der Waals surface area contributed by atoms with Crippen LogP contribution in [-0.2, 0) is 15.9 Å². The maximum atomic E-state index is 12.4. The number of fused-ring (bicyclic) bond motifs is 2. The van der Waals surface area contributed by atoms with Crippen molar-refractivity contribution in [3.8, 4) is 11.5 Å². The lowest BCUT2D eigenvalue weighted by Crippen LogP contribution is -2.16. The Hall–Kier alpha value is -3.28. The van der Waals surface area contributed by atoms with E-state index in [1.54, 1.807) is 0 Å². The summed E-state index contributed by atoms with van der Waals surface area (Å²) in [7, 11) is 0. The van der Waals surface area contributed by atoms with Crippen molar-refractivity contribution in [2.75, 3.05) is 13.2 Å². The zero-order chi connectivity index (χ0) is 23.3. The van der Waals surface area contributed by atoms with Crippen LogP contribution in [0.4, 0.5) is 9.59 Å². The maximum absolute atomic E-state index is 12.4. The third kappa shape index (κ3) is 5.49. The molecule has 0 aliphatic heterocycles. The van der Waals surface area contributed by atoms with Crippen molar-refractivity contribution in [3.63, 3.8) is 0 Å². The number of carbonyl (C=O) groups excluding carboxylic acids is 2. The van der Waals surface area contributed by atoms with Crippen LogP contribution in [0, 0.1) is 11.8 Å². The zero-order valence-electron chi connectivity index (χ0n) is 19.3. The molecule has 0 spiro atoms. The van der Waals surface area contributed by atoms with Crippen molar-refractivity contribution in [1.29, 1.82) is 0 Å². The second-order valence-corrected chi connectivity index (χ2v) is 8.55. The van der Waals surface area contributed by atoms with Crippen LogP contribution in [-0.4, -0.2) is 25.5 Å². The van der Waals surface area contributed by atoms with Crippen LogP contribution in [0.1, 0.15) is 40.2 Å². The van der Waals surface area contributed by atoms with E-state index in [9.17, 15) is 9.59 Å². The minimum atomic E-state index is -0.769. The maximum Gasteiger partial charge on any atom is 0.513 e. The van der Waals surface area contributed by atoms with Gasteiger partial charge in [-0.25, -0.2) is 9.59 Å². The summed E-state index contributed by atoms with van der Waals surface area (Å²) in [4.78, 5) is 24.8. The number of hydrogen-bond acceptors (Lipinski definition) is 6. The first kappa shape index (κ1) is 23.4. The lowest BCUT2D eigenvalue weighted by molar-refractivity contribution is 0.0879. The van der Waals surface area contributed by atoms with E-state index in [0.717, 1.165) is 12.0 Å². The number of benzene rings is 3. The molecule has 6 nitrogen and oxygen atoms in total. The molecule has 0 aliphatic carbocycles. The van der Waals surface area contributed by atoms with E-state index in [0.29, 0.717) is 33.0 Å². The van der Waals surface area contributed by atoms with Gasteiger partial charge >= 0.3 is 12.3 Å². The van der Waals surface area contributed by atoms with Gasteiger partial charge in [0.15, 0.2) is 0 Å². The van der Waals surface area contributed by atoms with E-state index in [1.807, 2.05) is 77.1 Å². The van der Waals surface area contributed by atoms with Crippen LogP contribution in [0.3, 0.4) is 0 Å². The standard InChI is InChI=1S/C26H30O6/c1-6-18-11-12-21-22(13-18)24(32-26(28)30-15-17(4)5)20-10-8-7-9-19(20)23(21)31-25(27)29-14-16(2)3/h7-13,16-17H,6,14-15H2,1-5H3. The van der Waals surface area contributed by atoms with Crippen molar-refractivity contribution in [2.24, 2.45) is 11.8 Å². The summed E-state index contributed by atoms with van der Waals surface area (Å²) in [6.45, 7) is 10.4.